The Morgan fingerprint density at radius 2 is 1.58 bits per heavy atom. The van der Waals surface area contributed by atoms with Crippen molar-refractivity contribution in [2.24, 2.45) is 11.7 Å². The normalized spacial score (nSPS) is 19.8. The molecule has 8 rings (SSSR count). The van der Waals surface area contributed by atoms with E-state index in [4.69, 9.17) is 16.2 Å². The molecule has 4 aromatic rings. The van der Waals surface area contributed by atoms with E-state index in [0.717, 1.165) is 119 Å². The van der Waals surface area contributed by atoms with Crippen LogP contribution in [0.1, 0.15) is 48.8 Å². The number of nitrogens with two attached hydrogens (primary N) is 2. The number of aromatic nitrogens is 3. The highest BCUT2D eigenvalue weighted by atomic mass is 19.4. The summed E-state index contributed by atoms with van der Waals surface area (Å²) in [7, 11) is 0. The summed E-state index contributed by atoms with van der Waals surface area (Å²) in [4.78, 5) is 52.0. The van der Waals surface area contributed by atoms with E-state index in [1.165, 1.54) is 6.07 Å². The van der Waals surface area contributed by atoms with Crippen LogP contribution in [0.2, 0.25) is 0 Å². The number of nitrogens with zero attached hydrogens (tertiary/aromatic N) is 8. The van der Waals surface area contributed by atoms with Crippen LogP contribution < -0.4 is 26.4 Å². The quantitative estimate of drug-likeness (QED) is 0.0777. The second-order valence-electron chi connectivity index (χ2n) is 18.2. The Morgan fingerprint density at radius 1 is 0.862 bits per heavy atom. The fraction of sp³-hybridized carbons (Fsp3) is 0.565. The number of rotatable bonds is 15. The summed E-state index contributed by atoms with van der Waals surface area (Å²) in [5, 5.41) is 4.05. The van der Waals surface area contributed by atoms with E-state index in [1.54, 1.807) is 18.5 Å². The average molecular weight is 907 g/mol. The average Bonchev–Trinajstić information content (AvgIpc) is 3.79. The Bertz CT molecular complexity index is 2230. The van der Waals surface area contributed by atoms with Gasteiger partial charge in [0.2, 0.25) is 11.8 Å². The lowest BCUT2D eigenvalue weighted by Gasteiger charge is -2.39. The molecule has 0 radical (unpaired) electrons. The van der Waals surface area contributed by atoms with Gasteiger partial charge in [0.25, 0.3) is 0 Å². The fourth-order valence-electron chi connectivity index (χ4n) is 9.62. The molecular formula is C46H62F4N12O3. The number of hydrogen-bond donors (Lipinski definition) is 4. The van der Waals surface area contributed by atoms with E-state index < -0.39 is 23.1 Å². The number of benzene rings is 2. The lowest BCUT2D eigenvalue weighted by molar-refractivity contribution is -0.140. The number of H-pyrrole nitrogens is 1. The standard InChI is InChI=1S/C46H62F4N12O3/c47-39-4-2-34(26-38(39)46(48,49)50)31-65-40-5-3-36(51)27-35(40)29-60-20-18-59(19-21-60)28-33-7-14-58(15-8-33)30-41(63)61-24-22-57(23-25-61)13-1-11-54-44(64)45(52)9-16-62(17-10-45)43-37-6-12-53-42(37)55-32-56-43/h2-6,12,26-27,32-33H,1,7-11,13-25,28-31,51-52H2,(H,54,64)(H,53,55,56). The Hall–Kier alpha value is -5.08. The van der Waals surface area contributed by atoms with Gasteiger partial charge in [-0.05, 0) is 99.6 Å². The van der Waals surface area contributed by atoms with Crippen LogP contribution in [0, 0.1) is 11.7 Å². The first kappa shape index (κ1) is 46.4. The highest BCUT2D eigenvalue weighted by Gasteiger charge is 2.38. The topological polar surface area (TPSA) is 168 Å². The molecule has 0 unspecified atom stereocenters. The van der Waals surface area contributed by atoms with Crippen molar-refractivity contribution in [1.82, 2.24) is 44.8 Å². The zero-order chi connectivity index (χ0) is 45.6. The van der Waals surface area contributed by atoms with Gasteiger partial charge in [-0.3, -0.25) is 24.3 Å². The minimum atomic E-state index is -4.79. The Morgan fingerprint density at radius 3 is 2.32 bits per heavy atom. The molecule has 15 nitrogen and oxygen atoms in total. The molecule has 4 aliphatic rings. The van der Waals surface area contributed by atoms with Crippen molar-refractivity contribution in [3.8, 4) is 5.75 Å². The predicted octanol–water partition coefficient (Wildman–Crippen LogP) is 3.76. The number of halogens is 4. The molecular weight excluding hydrogens is 845 g/mol. The van der Waals surface area contributed by atoms with Crippen LogP contribution >= 0.6 is 0 Å². The molecule has 0 atom stereocenters. The number of nitrogen functional groups attached to an aromatic ring is 1. The second kappa shape index (κ2) is 20.6. The van der Waals surface area contributed by atoms with E-state index in [9.17, 15) is 27.2 Å². The highest BCUT2D eigenvalue weighted by Crippen LogP contribution is 2.33. The van der Waals surface area contributed by atoms with Crippen LogP contribution in [-0.2, 0) is 28.9 Å². The number of anilines is 2. The number of fused-ring (bicyclic) bond motifs is 1. The number of piperidine rings is 2. The van der Waals surface area contributed by atoms with Gasteiger partial charge in [0.1, 0.15) is 36.0 Å². The molecule has 0 aliphatic carbocycles. The van der Waals surface area contributed by atoms with Crippen LogP contribution in [0.5, 0.6) is 5.75 Å². The van der Waals surface area contributed by atoms with Crippen molar-refractivity contribution in [2.45, 2.75) is 57.0 Å². The molecule has 2 amide bonds. The third kappa shape index (κ3) is 11.9. The first-order valence-corrected chi connectivity index (χ1v) is 22.9. The van der Waals surface area contributed by atoms with Crippen molar-refractivity contribution in [3.63, 3.8) is 0 Å². The smallest absolute Gasteiger partial charge is 0.419 e. The number of alkyl halides is 3. The number of amides is 2. The number of carbonyl (C=O) groups is 2. The van der Waals surface area contributed by atoms with Gasteiger partial charge in [-0.25, -0.2) is 14.4 Å². The molecule has 4 aliphatic heterocycles. The molecule has 65 heavy (non-hydrogen) atoms. The maximum atomic E-state index is 13.8. The molecule has 0 spiro atoms. The van der Waals surface area contributed by atoms with Crippen LogP contribution in [0.4, 0.5) is 29.1 Å². The van der Waals surface area contributed by atoms with Crippen molar-refractivity contribution in [2.75, 3.05) is 115 Å². The maximum absolute atomic E-state index is 13.8. The summed E-state index contributed by atoms with van der Waals surface area (Å²) in [6.07, 6.45) is 2.66. The van der Waals surface area contributed by atoms with Gasteiger partial charge < -0.3 is 41.2 Å². The maximum Gasteiger partial charge on any atom is 0.419 e. The number of ether oxygens (including phenoxy) is 1. The van der Waals surface area contributed by atoms with E-state index in [-0.39, 0.29) is 24.0 Å². The van der Waals surface area contributed by atoms with Gasteiger partial charge in [-0.15, -0.1) is 0 Å². The number of aromatic amines is 1. The first-order valence-electron chi connectivity index (χ1n) is 22.9. The number of nitrogens with one attached hydrogen (secondary N) is 2. The van der Waals surface area contributed by atoms with Crippen molar-refractivity contribution in [3.05, 3.63) is 77.5 Å². The fourth-order valence-corrected chi connectivity index (χ4v) is 9.62. The third-order valence-electron chi connectivity index (χ3n) is 13.7. The van der Waals surface area contributed by atoms with E-state index in [2.05, 4.69) is 44.8 Å². The number of piperazine rings is 2. The van der Waals surface area contributed by atoms with Crippen molar-refractivity contribution in [1.29, 1.82) is 0 Å². The molecule has 352 valence electrons. The summed E-state index contributed by atoms with van der Waals surface area (Å²) in [6, 6.07) is 10.1. The second-order valence-corrected chi connectivity index (χ2v) is 18.2. The Kier molecular flexibility index (Phi) is 14.7. The number of likely N-dealkylation sites (tertiary alicyclic amines) is 1. The molecule has 6 N–H and O–H groups in total. The van der Waals surface area contributed by atoms with Crippen LogP contribution in [-0.4, -0.2) is 162 Å². The molecule has 2 aromatic carbocycles. The highest BCUT2D eigenvalue weighted by molar-refractivity contribution is 5.89. The minimum Gasteiger partial charge on any atom is -0.489 e. The molecule has 19 heteroatoms. The van der Waals surface area contributed by atoms with Gasteiger partial charge in [0.05, 0.1) is 23.0 Å². The molecule has 2 aromatic heterocycles. The first-order chi connectivity index (χ1) is 31.3. The van der Waals surface area contributed by atoms with Crippen LogP contribution in [0.3, 0.4) is 0 Å². The molecule has 0 bridgehead atoms. The Balaban J connectivity index is 0.678. The number of carbonyl (C=O) groups excluding carboxylic acids is 2. The molecule has 0 saturated carbocycles. The minimum absolute atomic E-state index is 0.0961. The Labute approximate surface area is 377 Å². The van der Waals surface area contributed by atoms with Crippen molar-refractivity contribution >= 4 is 34.4 Å². The molecule has 4 saturated heterocycles. The summed E-state index contributed by atoms with van der Waals surface area (Å²) in [6.45, 7) is 13.1. The molecule has 6 heterocycles. The number of hydrogen-bond acceptors (Lipinski definition) is 12. The van der Waals surface area contributed by atoms with Gasteiger partial charge in [0.15, 0.2) is 0 Å². The summed E-state index contributed by atoms with van der Waals surface area (Å²) in [5.41, 5.74) is 13.0. The van der Waals surface area contributed by atoms with E-state index >= 15 is 0 Å². The molecule has 4 fully saturated rings. The lowest BCUT2D eigenvalue weighted by Crippen LogP contribution is -2.60. The van der Waals surface area contributed by atoms with Crippen LogP contribution in [0.15, 0.2) is 55.0 Å². The largest absolute Gasteiger partial charge is 0.489 e. The zero-order valence-electron chi connectivity index (χ0n) is 37.0. The van der Waals surface area contributed by atoms with Gasteiger partial charge in [-0.2, -0.15) is 13.2 Å². The summed E-state index contributed by atoms with van der Waals surface area (Å²) < 4.78 is 59.5. The predicted molar refractivity (Wildman–Crippen MR) is 240 cm³/mol. The lowest BCUT2D eigenvalue weighted by atomic mass is 9.87. The van der Waals surface area contributed by atoms with Crippen molar-refractivity contribution < 1.29 is 31.9 Å². The van der Waals surface area contributed by atoms with E-state index in [1.807, 2.05) is 23.2 Å². The summed E-state index contributed by atoms with van der Waals surface area (Å²) in [5.74, 6) is 0.771. The van der Waals surface area contributed by atoms with Gasteiger partial charge >= 0.3 is 6.18 Å². The zero-order valence-corrected chi connectivity index (χ0v) is 37.0. The third-order valence-corrected chi connectivity index (χ3v) is 13.7. The van der Waals surface area contributed by atoms with Crippen LogP contribution in [0.25, 0.3) is 11.0 Å². The SMILES string of the molecule is Nc1ccc(OCc2ccc(F)c(C(F)(F)F)c2)c(CN2CCN(CC3CCN(CC(=O)N4CCN(CCCNC(=O)C5(N)CCN(c6ncnc7[nH]ccc67)CC5)CC4)CC3)CC2)c1. The van der Waals surface area contributed by atoms with Gasteiger partial charge in [-0.1, -0.05) is 6.07 Å². The van der Waals surface area contributed by atoms with Gasteiger partial charge in [0, 0.05) is 103 Å². The monoisotopic (exact) mass is 907 g/mol. The summed E-state index contributed by atoms with van der Waals surface area (Å²) >= 11 is 0. The van der Waals surface area contributed by atoms with E-state index in [0.29, 0.717) is 76.0 Å².